The Morgan fingerprint density at radius 3 is 1.74 bits per heavy atom. The Balaban J connectivity index is 0.00000210. The first-order valence-corrected chi connectivity index (χ1v) is 9.20. The van der Waals surface area contributed by atoms with Crippen LogP contribution in [-0.2, 0) is 14.3 Å². The van der Waals surface area contributed by atoms with Gasteiger partial charge in [0.25, 0.3) is 0 Å². The molecular formula is C22H21NaO4. The van der Waals surface area contributed by atoms with E-state index in [2.05, 4.69) is 0 Å². The Hall–Kier alpha value is -1.62. The molecular weight excluding hydrogens is 351 g/mol. The summed E-state index contributed by atoms with van der Waals surface area (Å²) < 4.78 is 5.45. The van der Waals surface area contributed by atoms with Crippen LogP contribution in [-0.4, -0.2) is 18.5 Å². The molecule has 0 saturated heterocycles. The second-order valence-electron chi connectivity index (χ2n) is 7.10. The number of benzene rings is 2. The van der Waals surface area contributed by atoms with Gasteiger partial charge >= 0.3 is 35.5 Å². The van der Waals surface area contributed by atoms with Crippen molar-refractivity contribution in [3.8, 4) is 0 Å². The SMILES string of the molecule is CCCCOC(=O)[C@@H]1C2c3ccccc3C(c3ccccc32)[C@@H]1C(=O)[O-].[Na+]. The monoisotopic (exact) mass is 372 g/mol. The van der Waals surface area contributed by atoms with Gasteiger partial charge in [0.15, 0.2) is 0 Å². The summed E-state index contributed by atoms with van der Waals surface area (Å²) in [6, 6.07) is 15.7. The van der Waals surface area contributed by atoms with Crippen LogP contribution in [0.3, 0.4) is 0 Å². The van der Waals surface area contributed by atoms with Crippen LogP contribution in [0.1, 0.15) is 53.9 Å². The quantitative estimate of drug-likeness (QED) is 0.407. The summed E-state index contributed by atoms with van der Waals surface area (Å²) in [7, 11) is 0. The molecule has 2 aromatic rings. The summed E-state index contributed by atoms with van der Waals surface area (Å²) in [4.78, 5) is 25.0. The number of aliphatic carboxylic acids is 1. The summed E-state index contributed by atoms with van der Waals surface area (Å²) in [5, 5.41) is 12.1. The third-order valence-corrected chi connectivity index (χ3v) is 5.72. The molecule has 27 heavy (non-hydrogen) atoms. The van der Waals surface area contributed by atoms with Crippen LogP contribution < -0.4 is 34.7 Å². The summed E-state index contributed by atoms with van der Waals surface area (Å²) in [6.07, 6.45) is 1.69. The zero-order valence-corrected chi connectivity index (χ0v) is 17.7. The van der Waals surface area contributed by atoms with Crippen LogP contribution >= 0.6 is 0 Å². The summed E-state index contributed by atoms with van der Waals surface area (Å²) >= 11 is 0. The number of ether oxygens (including phenoxy) is 1. The van der Waals surface area contributed by atoms with Crippen molar-refractivity contribution < 1.29 is 49.0 Å². The molecule has 0 spiro atoms. The van der Waals surface area contributed by atoms with Gasteiger partial charge in [-0.3, -0.25) is 4.79 Å². The fourth-order valence-electron chi connectivity index (χ4n) is 4.66. The van der Waals surface area contributed by atoms with Crippen molar-refractivity contribution in [1.82, 2.24) is 0 Å². The summed E-state index contributed by atoms with van der Waals surface area (Å²) in [6.45, 7) is 2.35. The predicted octanol–water partition coefficient (Wildman–Crippen LogP) is -0.393. The van der Waals surface area contributed by atoms with E-state index in [1.807, 2.05) is 55.5 Å². The van der Waals surface area contributed by atoms with E-state index in [4.69, 9.17) is 4.74 Å². The Morgan fingerprint density at radius 2 is 1.33 bits per heavy atom. The molecule has 0 aliphatic heterocycles. The number of unbranched alkanes of at least 4 members (excludes halogenated alkanes) is 1. The molecule has 0 saturated carbocycles. The van der Waals surface area contributed by atoms with Gasteiger partial charge in [0.05, 0.1) is 12.5 Å². The Morgan fingerprint density at radius 1 is 0.889 bits per heavy atom. The van der Waals surface area contributed by atoms with Gasteiger partial charge in [0, 0.05) is 23.7 Å². The molecule has 0 amide bonds. The van der Waals surface area contributed by atoms with Crippen LogP contribution in [0, 0.1) is 11.8 Å². The number of carbonyl (C=O) groups is 2. The van der Waals surface area contributed by atoms with Gasteiger partial charge in [-0.15, -0.1) is 0 Å². The van der Waals surface area contributed by atoms with Gasteiger partial charge in [-0.2, -0.15) is 0 Å². The molecule has 134 valence electrons. The number of esters is 1. The van der Waals surface area contributed by atoms with Gasteiger partial charge < -0.3 is 14.6 Å². The molecule has 0 unspecified atom stereocenters. The molecule has 5 rings (SSSR count). The molecule has 0 aromatic heterocycles. The van der Waals surface area contributed by atoms with Gasteiger partial charge in [-0.25, -0.2) is 0 Å². The topological polar surface area (TPSA) is 66.4 Å². The van der Waals surface area contributed by atoms with E-state index in [0.29, 0.717) is 6.61 Å². The minimum Gasteiger partial charge on any atom is -0.550 e. The molecule has 0 N–H and O–H groups in total. The van der Waals surface area contributed by atoms with Crippen LogP contribution in [0.2, 0.25) is 0 Å². The maximum atomic E-state index is 12.9. The normalized spacial score (nSPS) is 24.3. The van der Waals surface area contributed by atoms with E-state index in [0.717, 1.165) is 35.1 Å². The van der Waals surface area contributed by atoms with Crippen molar-refractivity contribution in [3.63, 3.8) is 0 Å². The number of rotatable bonds is 5. The smallest absolute Gasteiger partial charge is 0.550 e. The second-order valence-corrected chi connectivity index (χ2v) is 7.10. The first-order chi connectivity index (χ1) is 12.6. The molecule has 2 bridgehead atoms. The largest absolute Gasteiger partial charge is 1.00 e. The second kappa shape index (κ2) is 8.17. The first-order valence-electron chi connectivity index (χ1n) is 9.20. The molecule has 5 heteroatoms. The van der Waals surface area contributed by atoms with Gasteiger partial charge in [0.1, 0.15) is 0 Å². The molecule has 3 aliphatic carbocycles. The first kappa shape index (κ1) is 20.1. The number of carbonyl (C=O) groups excluding carboxylic acids is 2. The van der Waals surface area contributed by atoms with Crippen LogP contribution in [0.15, 0.2) is 48.5 Å². The molecule has 2 aromatic carbocycles. The zero-order chi connectivity index (χ0) is 18.3. The number of hydrogen-bond donors (Lipinski definition) is 0. The average Bonchev–Trinajstić information content (AvgIpc) is 2.67. The number of carboxylic acid groups (broad SMARTS) is 1. The van der Waals surface area contributed by atoms with E-state index >= 15 is 0 Å². The zero-order valence-electron chi connectivity index (χ0n) is 15.7. The fraction of sp³-hybridized carbons (Fsp3) is 0.364. The van der Waals surface area contributed by atoms with Crippen LogP contribution in [0.25, 0.3) is 0 Å². The van der Waals surface area contributed by atoms with Gasteiger partial charge in [-0.1, -0.05) is 61.9 Å². The molecule has 4 nitrogen and oxygen atoms in total. The molecule has 0 fully saturated rings. The van der Waals surface area contributed by atoms with Gasteiger partial charge in [0.2, 0.25) is 0 Å². The average molecular weight is 372 g/mol. The molecule has 2 atom stereocenters. The van der Waals surface area contributed by atoms with E-state index in [9.17, 15) is 14.7 Å². The summed E-state index contributed by atoms with van der Waals surface area (Å²) in [5.41, 5.74) is 4.04. The van der Waals surface area contributed by atoms with E-state index < -0.39 is 23.8 Å². The Labute approximate surface area is 181 Å². The molecule has 3 aliphatic rings. The van der Waals surface area contributed by atoms with Crippen molar-refractivity contribution in [2.24, 2.45) is 11.8 Å². The van der Waals surface area contributed by atoms with E-state index in [1.165, 1.54) is 0 Å². The number of carboxylic acids is 1. The van der Waals surface area contributed by atoms with Crippen molar-refractivity contribution in [1.29, 1.82) is 0 Å². The van der Waals surface area contributed by atoms with E-state index in [-0.39, 0.29) is 41.4 Å². The Bertz CT molecular complexity index is 815. The predicted molar refractivity (Wildman–Crippen MR) is 94.4 cm³/mol. The molecule has 0 heterocycles. The number of fused-ring (bicyclic) bond motifs is 1. The van der Waals surface area contributed by atoms with Crippen molar-refractivity contribution >= 4 is 11.9 Å². The fourth-order valence-corrected chi connectivity index (χ4v) is 4.66. The summed E-state index contributed by atoms with van der Waals surface area (Å²) in [5.74, 6) is -3.93. The third-order valence-electron chi connectivity index (χ3n) is 5.72. The van der Waals surface area contributed by atoms with Crippen molar-refractivity contribution in [3.05, 3.63) is 70.8 Å². The Kier molecular flexibility index (Phi) is 6.09. The minimum atomic E-state index is -1.18. The van der Waals surface area contributed by atoms with E-state index in [1.54, 1.807) is 0 Å². The van der Waals surface area contributed by atoms with Crippen LogP contribution in [0.5, 0.6) is 0 Å². The van der Waals surface area contributed by atoms with Crippen LogP contribution in [0.4, 0.5) is 0 Å². The molecule has 0 radical (unpaired) electrons. The van der Waals surface area contributed by atoms with Crippen molar-refractivity contribution in [2.45, 2.75) is 31.6 Å². The third kappa shape index (κ3) is 3.24. The maximum absolute atomic E-state index is 12.9. The maximum Gasteiger partial charge on any atom is 1.00 e. The minimum absolute atomic E-state index is 0. The standard InChI is InChI=1S/C22H22O4.Na/c1-2-3-12-26-22(25)20-18-15-10-6-4-8-13(15)17(19(20)21(23)24)14-9-5-7-11-16(14)18;/h4-11,17-20H,2-3,12H2,1H3,(H,23,24);/q;+1/p-1/t17?,18?,19-,20+;/m0./s1. The van der Waals surface area contributed by atoms with Crippen molar-refractivity contribution in [2.75, 3.05) is 6.61 Å². The number of hydrogen-bond acceptors (Lipinski definition) is 4. The van der Waals surface area contributed by atoms with Gasteiger partial charge in [-0.05, 0) is 28.7 Å².